The van der Waals surface area contributed by atoms with Gasteiger partial charge in [-0.25, -0.2) is 8.42 Å². The summed E-state index contributed by atoms with van der Waals surface area (Å²) < 4.78 is 29.1. The van der Waals surface area contributed by atoms with Crippen LogP contribution in [0.2, 0.25) is 0 Å². The maximum atomic E-state index is 13.3. The molecule has 0 radical (unpaired) electrons. The number of nitrogens with one attached hydrogen (secondary N) is 1. The van der Waals surface area contributed by atoms with Crippen LogP contribution < -0.4 is 4.72 Å². The highest BCUT2D eigenvalue weighted by Gasteiger charge is 2.22. The summed E-state index contributed by atoms with van der Waals surface area (Å²) in [5, 5.41) is 20.7. The topological polar surface area (TPSA) is 117 Å². The number of carboxylic acids is 1. The summed E-state index contributed by atoms with van der Waals surface area (Å²) in [7, 11) is -4.03. The number of pyridine rings is 1. The van der Waals surface area contributed by atoms with Gasteiger partial charge in [-0.15, -0.1) is 11.8 Å². The molecule has 1 aromatic heterocycles. The molecule has 4 aromatic rings. The minimum Gasteiger partial charge on any atom is -0.506 e. The lowest BCUT2D eigenvalue weighted by Crippen LogP contribution is -2.14. The Bertz CT molecular complexity index is 1420. The maximum absolute atomic E-state index is 13.3. The van der Waals surface area contributed by atoms with Gasteiger partial charge in [-0.05, 0) is 25.1 Å². The number of hydrogen-bond acceptors (Lipinski definition) is 6. The number of aromatic nitrogens is 1. The number of phenolic OH excluding ortho intramolecular Hbond substituents is 1. The summed E-state index contributed by atoms with van der Waals surface area (Å²) in [4.78, 5) is 15.8. The van der Waals surface area contributed by atoms with Crippen LogP contribution in [0, 0.1) is 0 Å². The van der Waals surface area contributed by atoms with Crippen molar-refractivity contribution in [2.45, 2.75) is 22.0 Å². The molecule has 7 nitrogen and oxygen atoms in total. The van der Waals surface area contributed by atoms with E-state index in [2.05, 4.69) is 9.71 Å². The van der Waals surface area contributed by atoms with Gasteiger partial charge in [-0.1, -0.05) is 42.5 Å². The number of benzene rings is 3. The fraction of sp³-hybridized carbons (Fsp3) is 0.0909. The van der Waals surface area contributed by atoms with Gasteiger partial charge < -0.3 is 10.2 Å². The summed E-state index contributed by atoms with van der Waals surface area (Å²) >= 11 is 0.935. The highest BCUT2D eigenvalue weighted by molar-refractivity contribution is 8.00. The molecule has 0 fully saturated rings. The van der Waals surface area contributed by atoms with Crippen LogP contribution >= 0.6 is 11.8 Å². The Morgan fingerprint density at radius 1 is 1.06 bits per heavy atom. The second-order valence-corrected chi connectivity index (χ2v) is 9.89. The van der Waals surface area contributed by atoms with Crippen molar-refractivity contribution in [2.24, 2.45) is 0 Å². The Kier molecular flexibility index (Phi) is 5.47. The van der Waals surface area contributed by atoms with Crippen LogP contribution in [-0.4, -0.2) is 34.8 Å². The van der Waals surface area contributed by atoms with Gasteiger partial charge in [0.05, 0.1) is 16.1 Å². The monoisotopic (exact) mass is 454 g/mol. The van der Waals surface area contributed by atoms with Gasteiger partial charge in [0, 0.05) is 22.4 Å². The molecule has 31 heavy (non-hydrogen) atoms. The van der Waals surface area contributed by atoms with Crippen molar-refractivity contribution in [3.63, 3.8) is 0 Å². The molecule has 158 valence electrons. The Morgan fingerprint density at radius 2 is 1.77 bits per heavy atom. The SMILES string of the molecule is C[C@@H](Sc1cc(NS(=O)(=O)c2cccc3cccnc23)c2ccccc2c1O)C(=O)O. The minimum absolute atomic E-state index is 0.0239. The van der Waals surface area contributed by atoms with Crippen molar-refractivity contribution in [1.29, 1.82) is 0 Å². The zero-order valence-corrected chi connectivity index (χ0v) is 17.9. The van der Waals surface area contributed by atoms with Crippen molar-refractivity contribution in [1.82, 2.24) is 4.98 Å². The zero-order chi connectivity index (χ0) is 22.2. The van der Waals surface area contributed by atoms with E-state index < -0.39 is 21.2 Å². The van der Waals surface area contributed by atoms with Crippen molar-refractivity contribution < 1.29 is 23.4 Å². The largest absolute Gasteiger partial charge is 0.506 e. The number of nitrogens with zero attached hydrogens (tertiary/aromatic N) is 1. The molecule has 0 aliphatic heterocycles. The summed E-state index contributed by atoms with van der Waals surface area (Å²) in [6.45, 7) is 1.49. The molecule has 0 aliphatic rings. The molecule has 0 saturated carbocycles. The molecule has 1 atom stereocenters. The highest BCUT2D eigenvalue weighted by Crippen LogP contribution is 2.42. The number of aliphatic carboxylic acids is 1. The van der Waals surface area contributed by atoms with E-state index in [-0.39, 0.29) is 21.2 Å². The number of rotatable bonds is 6. The quantitative estimate of drug-likeness (QED) is 0.291. The predicted octanol–water partition coefficient (Wildman–Crippen LogP) is 4.46. The van der Waals surface area contributed by atoms with Crippen molar-refractivity contribution >= 4 is 55.1 Å². The number of hydrogen-bond donors (Lipinski definition) is 3. The van der Waals surface area contributed by atoms with Crippen LogP contribution in [0.15, 0.2) is 76.7 Å². The number of para-hydroxylation sites is 1. The van der Waals surface area contributed by atoms with Gasteiger partial charge in [-0.2, -0.15) is 0 Å². The number of sulfonamides is 1. The molecule has 9 heteroatoms. The first-order chi connectivity index (χ1) is 14.8. The van der Waals surface area contributed by atoms with E-state index in [9.17, 15) is 23.4 Å². The lowest BCUT2D eigenvalue weighted by Gasteiger charge is -2.16. The van der Waals surface area contributed by atoms with E-state index in [1.807, 2.05) is 0 Å². The predicted molar refractivity (Wildman–Crippen MR) is 121 cm³/mol. The van der Waals surface area contributed by atoms with Crippen LogP contribution in [0.3, 0.4) is 0 Å². The van der Waals surface area contributed by atoms with Crippen LogP contribution in [0.25, 0.3) is 21.7 Å². The van der Waals surface area contributed by atoms with E-state index in [4.69, 9.17) is 0 Å². The molecule has 0 aliphatic carbocycles. The Morgan fingerprint density at radius 3 is 2.52 bits per heavy atom. The molecule has 3 aromatic carbocycles. The minimum atomic E-state index is -4.03. The average molecular weight is 455 g/mol. The molecule has 0 spiro atoms. The number of fused-ring (bicyclic) bond motifs is 2. The van der Waals surface area contributed by atoms with E-state index in [0.29, 0.717) is 21.7 Å². The molecule has 0 bridgehead atoms. The fourth-order valence-electron chi connectivity index (χ4n) is 3.24. The molecule has 0 saturated heterocycles. The van der Waals surface area contributed by atoms with Crippen LogP contribution in [0.1, 0.15) is 6.92 Å². The average Bonchev–Trinajstić information content (AvgIpc) is 2.76. The highest BCUT2D eigenvalue weighted by atomic mass is 32.2. The lowest BCUT2D eigenvalue weighted by molar-refractivity contribution is -0.136. The van der Waals surface area contributed by atoms with Crippen molar-refractivity contribution in [2.75, 3.05) is 4.72 Å². The van der Waals surface area contributed by atoms with Gasteiger partial charge in [0.1, 0.15) is 15.9 Å². The van der Waals surface area contributed by atoms with Gasteiger partial charge >= 0.3 is 5.97 Å². The van der Waals surface area contributed by atoms with Crippen molar-refractivity contribution in [3.05, 3.63) is 66.9 Å². The van der Waals surface area contributed by atoms with Crippen LogP contribution in [-0.2, 0) is 14.8 Å². The third kappa shape index (κ3) is 4.01. The van der Waals surface area contributed by atoms with E-state index in [1.165, 1.54) is 25.3 Å². The van der Waals surface area contributed by atoms with Crippen LogP contribution in [0.5, 0.6) is 5.75 Å². The number of anilines is 1. The smallest absolute Gasteiger partial charge is 0.316 e. The molecular formula is C22H18N2O5S2. The Hall–Kier alpha value is -3.30. The van der Waals surface area contributed by atoms with Crippen molar-refractivity contribution in [3.8, 4) is 5.75 Å². The van der Waals surface area contributed by atoms with E-state index >= 15 is 0 Å². The standard InChI is InChI=1S/C22H18N2O5S2/c1-13(22(26)27)30-18-12-17(15-8-2-3-9-16(15)21(18)25)24-31(28,29)19-10-4-6-14-7-5-11-23-20(14)19/h2-13,24-25H,1H3,(H,26,27)/t13-/m1/s1. The Labute approximate surface area is 182 Å². The fourth-order valence-corrected chi connectivity index (χ4v) is 5.38. The van der Waals surface area contributed by atoms with E-state index in [0.717, 1.165) is 11.8 Å². The summed E-state index contributed by atoms with van der Waals surface area (Å²) in [6.07, 6.45) is 1.53. The van der Waals surface area contributed by atoms with Gasteiger partial charge in [0.25, 0.3) is 10.0 Å². The summed E-state index contributed by atoms with van der Waals surface area (Å²) in [5.41, 5.74) is 0.580. The summed E-state index contributed by atoms with van der Waals surface area (Å²) in [6, 6.07) is 16.6. The molecule has 1 heterocycles. The van der Waals surface area contributed by atoms with Gasteiger partial charge in [0.2, 0.25) is 0 Å². The number of aromatic hydroxyl groups is 1. The first-order valence-corrected chi connectivity index (χ1v) is 11.6. The normalized spacial score (nSPS) is 12.7. The third-order valence-electron chi connectivity index (χ3n) is 4.76. The van der Waals surface area contributed by atoms with Gasteiger partial charge in [-0.3, -0.25) is 14.5 Å². The first kappa shape index (κ1) is 21.0. The molecule has 3 N–H and O–H groups in total. The molecule has 0 amide bonds. The second kappa shape index (κ2) is 8.09. The first-order valence-electron chi connectivity index (χ1n) is 9.28. The summed E-state index contributed by atoms with van der Waals surface area (Å²) in [5.74, 6) is -1.13. The maximum Gasteiger partial charge on any atom is 0.316 e. The molecule has 4 rings (SSSR count). The third-order valence-corrected chi connectivity index (χ3v) is 7.28. The Balaban J connectivity index is 1.85. The number of carbonyl (C=O) groups is 1. The number of carboxylic acid groups (broad SMARTS) is 1. The van der Waals surface area contributed by atoms with Gasteiger partial charge in [0.15, 0.2) is 0 Å². The lowest BCUT2D eigenvalue weighted by atomic mass is 10.1. The molecule has 0 unspecified atom stereocenters. The second-order valence-electron chi connectivity index (χ2n) is 6.85. The molecular weight excluding hydrogens is 436 g/mol. The van der Waals surface area contributed by atoms with E-state index in [1.54, 1.807) is 48.5 Å². The zero-order valence-electron chi connectivity index (χ0n) is 16.3. The number of phenols is 1. The van der Waals surface area contributed by atoms with Crippen LogP contribution in [0.4, 0.5) is 5.69 Å². The number of thioether (sulfide) groups is 1.